The summed E-state index contributed by atoms with van der Waals surface area (Å²) >= 11 is 0. The van der Waals surface area contributed by atoms with E-state index in [1.54, 1.807) is 0 Å². The Morgan fingerprint density at radius 1 is 0.343 bits per heavy atom. The van der Waals surface area contributed by atoms with E-state index in [1.807, 2.05) is 18.2 Å². The summed E-state index contributed by atoms with van der Waals surface area (Å²) in [6.07, 6.45) is 0. The molecule has 15 aromatic rings. The van der Waals surface area contributed by atoms with Crippen LogP contribution in [-0.2, 0) is 0 Å². The highest BCUT2D eigenvalue weighted by molar-refractivity contribution is 6.22. The molecule has 15 rings (SSSR count). The van der Waals surface area contributed by atoms with Crippen LogP contribution in [0.1, 0.15) is 0 Å². The van der Waals surface area contributed by atoms with E-state index in [0.717, 1.165) is 77.2 Å². The van der Waals surface area contributed by atoms with E-state index in [-0.39, 0.29) is 0 Å². The molecular formula is C62H36N4O. The van der Waals surface area contributed by atoms with E-state index >= 15 is 0 Å². The smallest absolute Gasteiger partial charge is 0.160 e. The van der Waals surface area contributed by atoms with Gasteiger partial charge >= 0.3 is 0 Å². The fraction of sp³-hybridized carbons (Fsp3) is 0. The molecule has 0 aliphatic rings. The molecule has 5 heteroatoms. The molecular weight excluding hydrogens is 817 g/mol. The minimum Gasteiger partial charge on any atom is -0.455 e. The van der Waals surface area contributed by atoms with Gasteiger partial charge in [0, 0.05) is 59.6 Å². The Hall–Kier alpha value is -9.06. The molecule has 0 saturated heterocycles. The maximum Gasteiger partial charge on any atom is 0.160 e. The Labute approximate surface area is 383 Å². The zero-order valence-electron chi connectivity index (χ0n) is 36.0. The van der Waals surface area contributed by atoms with Gasteiger partial charge in [0.2, 0.25) is 0 Å². The maximum atomic E-state index is 6.53. The van der Waals surface area contributed by atoms with Crippen molar-refractivity contribution in [2.75, 3.05) is 0 Å². The second-order valence-electron chi connectivity index (χ2n) is 17.7. The SMILES string of the molecule is c1cc(-n2c3ccccc3c3cc4c(-n5c6ccccc6c6c7ccccc7ccc65)cccc4cc32)c2ccc(-c3nc(-c4cccc5c4oc4ccccc45)c4ccccc4n3)cc2c1. The maximum absolute atomic E-state index is 6.53. The van der Waals surface area contributed by atoms with Crippen LogP contribution in [-0.4, -0.2) is 19.1 Å². The van der Waals surface area contributed by atoms with Gasteiger partial charge < -0.3 is 13.6 Å². The molecule has 0 bridgehead atoms. The molecule has 0 aliphatic carbocycles. The molecule has 310 valence electrons. The normalized spacial score (nSPS) is 12.2. The molecule has 0 amide bonds. The lowest BCUT2D eigenvalue weighted by Gasteiger charge is -2.15. The molecule has 0 saturated carbocycles. The highest BCUT2D eigenvalue weighted by Gasteiger charge is 2.21. The molecule has 0 aliphatic heterocycles. The van der Waals surface area contributed by atoms with Crippen molar-refractivity contribution in [1.29, 1.82) is 0 Å². The molecule has 0 fully saturated rings. The first-order valence-electron chi connectivity index (χ1n) is 22.8. The van der Waals surface area contributed by atoms with Crippen LogP contribution >= 0.6 is 0 Å². The average Bonchev–Trinajstić information content (AvgIpc) is 4.05. The van der Waals surface area contributed by atoms with Crippen LogP contribution in [0.15, 0.2) is 223 Å². The van der Waals surface area contributed by atoms with Gasteiger partial charge in [-0.2, -0.15) is 0 Å². The Bertz CT molecular complexity index is 4590. The number of furan rings is 1. The summed E-state index contributed by atoms with van der Waals surface area (Å²) in [5.74, 6) is 0.671. The summed E-state index contributed by atoms with van der Waals surface area (Å²) in [6.45, 7) is 0. The van der Waals surface area contributed by atoms with Gasteiger partial charge in [-0.1, -0.05) is 152 Å². The fourth-order valence-corrected chi connectivity index (χ4v) is 11.1. The molecule has 0 unspecified atom stereocenters. The summed E-state index contributed by atoms with van der Waals surface area (Å²) in [6, 6.07) is 78.5. The third-order valence-electron chi connectivity index (χ3n) is 14.1. The summed E-state index contributed by atoms with van der Waals surface area (Å²) in [7, 11) is 0. The van der Waals surface area contributed by atoms with E-state index in [9.17, 15) is 0 Å². The third kappa shape index (κ3) is 5.19. The Morgan fingerprint density at radius 3 is 1.85 bits per heavy atom. The highest BCUT2D eigenvalue weighted by atomic mass is 16.3. The van der Waals surface area contributed by atoms with Gasteiger partial charge in [-0.3, -0.25) is 0 Å². The lowest BCUT2D eigenvalue weighted by atomic mass is 10.0. The molecule has 0 spiro atoms. The Kier molecular flexibility index (Phi) is 7.44. The number of fused-ring (bicyclic) bond motifs is 14. The number of hydrogen-bond acceptors (Lipinski definition) is 3. The zero-order chi connectivity index (χ0) is 43.7. The summed E-state index contributed by atoms with van der Waals surface area (Å²) in [5, 5.41) is 15.3. The van der Waals surface area contributed by atoms with Crippen LogP contribution < -0.4 is 0 Å². The van der Waals surface area contributed by atoms with Gasteiger partial charge in [0.05, 0.1) is 44.7 Å². The van der Waals surface area contributed by atoms with Crippen molar-refractivity contribution < 1.29 is 4.42 Å². The summed E-state index contributed by atoms with van der Waals surface area (Å²) < 4.78 is 11.4. The number of rotatable bonds is 4. The second kappa shape index (κ2) is 13.7. The minimum absolute atomic E-state index is 0.671. The van der Waals surface area contributed by atoms with Crippen LogP contribution in [0.3, 0.4) is 0 Å². The molecule has 11 aromatic carbocycles. The summed E-state index contributed by atoms with van der Waals surface area (Å²) in [5.41, 5.74) is 12.4. The number of benzene rings is 11. The molecule has 0 N–H and O–H groups in total. The number of aromatic nitrogens is 4. The quantitative estimate of drug-likeness (QED) is 0.177. The van der Waals surface area contributed by atoms with Crippen molar-refractivity contribution in [2.24, 2.45) is 0 Å². The topological polar surface area (TPSA) is 48.8 Å². The highest BCUT2D eigenvalue weighted by Crippen LogP contribution is 2.43. The summed E-state index contributed by atoms with van der Waals surface area (Å²) in [4.78, 5) is 10.5. The van der Waals surface area contributed by atoms with Crippen LogP contribution in [0.5, 0.6) is 0 Å². The van der Waals surface area contributed by atoms with E-state index < -0.39 is 0 Å². The molecule has 4 aromatic heterocycles. The van der Waals surface area contributed by atoms with Crippen LogP contribution in [0, 0.1) is 0 Å². The van der Waals surface area contributed by atoms with E-state index in [2.05, 4.69) is 209 Å². The minimum atomic E-state index is 0.671. The lowest BCUT2D eigenvalue weighted by Crippen LogP contribution is -1.98. The monoisotopic (exact) mass is 852 g/mol. The van der Waals surface area contributed by atoms with Crippen molar-refractivity contribution in [2.45, 2.75) is 0 Å². The van der Waals surface area contributed by atoms with Gasteiger partial charge in [-0.25, -0.2) is 9.97 Å². The van der Waals surface area contributed by atoms with E-state index in [1.165, 1.54) is 59.8 Å². The fourth-order valence-electron chi connectivity index (χ4n) is 11.1. The first-order chi connectivity index (χ1) is 33.2. The first-order valence-corrected chi connectivity index (χ1v) is 22.8. The van der Waals surface area contributed by atoms with Gasteiger partial charge in [0.25, 0.3) is 0 Å². The van der Waals surface area contributed by atoms with Crippen molar-refractivity contribution in [3.05, 3.63) is 218 Å². The van der Waals surface area contributed by atoms with Crippen molar-refractivity contribution in [3.63, 3.8) is 0 Å². The Morgan fingerprint density at radius 2 is 0.985 bits per heavy atom. The number of hydrogen-bond donors (Lipinski definition) is 0. The predicted octanol–water partition coefficient (Wildman–Crippen LogP) is 16.5. The lowest BCUT2D eigenvalue weighted by molar-refractivity contribution is 0.670. The van der Waals surface area contributed by atoms with Crippen molar-refractivity contribution >= 4 is 109 Å². The Balaban J connectivity index is 0.913. The standard InChI is InChI=1S/C62H36N4O/c1-2-17-42-37(14-1)31-33-56-59(42)47-21-5-9-26-54(47)65(56)55-28-12-16-39-35-57-50(36-49(39)55)43-18-4-8-25-53(43)66(57)52-27-11-15-38-34-40(30-32-41(38)52)62-63-51-24-7-3-20-46(51)60(64-62)48-23-13-22-45-44-19-6-10-29-58(44)67-61(45)48/h1-36H. The first kappa shape index (κ1) is 36.3. The number of para-hydroxylation sites is 5. The van der Waals surface area contributed by atoms with Gasteiger partial charge in [0.15, 0.2) is 5.82 Å². The van der Waals surface area contributed by atoms with Crippen LogP contribution in [0.25, 0.3) is 143 Å². The van der Waals surface area contributed by atoms with Gasteiger partial charge in [-0.05, 0) is 88.3 Å². The molecule has 0 atom stereocenters. The van der Waals surface area contributed by atoms with Gasteiger partial charge in [0.1, 0.15) is 11.2 Å². The zero-order valence-corrected chi connectivity index (χ0v) is 36.0. The molecule has 67 heavy (non-hydrogen) atoms. The van der Waals surface area contributed by atoms with E-state index in [0.29, 0.717) is 5.82 Å². The van der Waals surface area contributed by atoms with Gasteiger partial charge in [-0.15, -0.1) is 0 Å². The second-order valence-corrected chi connectivity index (χ2v) is 17.7. The number of nitrogens with zero attached hydrogens (tertiary/aromatic N) is 4. The largest absolute Gasteiger partial charge is 0.455 e. The molecule has 4 heterocycles. The van der Waals surface area contributed by atoms with Crippen LogP contribution in [0.4, 0.5) is 0 Å². The van der Waals surface area contributed by atoms with Crippen molar-refractivity contribution in [3.8, 4) is 34.0 Å². The molecule has 0 radical (unpaired) electrons. The molecule has 5 nitrogen and oxygen atoms in total. The van der Waals surface area contributed by atoms with Crippen molar-refractivity contribution in [1.82, 2.24) is 19.1 Å². The third-order valence-corrected chi connectivity index (χ3v) is 14.1. The van der Waals surface area contributed by atoms with Crippen LogP contribution in [0.2, 0.25) is 0 Å². The average molecular weight is 853 g/mol. The van der Waals surface area contributed by atoms with E-state index in [4.69, 9.17) is 14.4 Å². The predicted molar refractivity (Wildman–Crippen MR) is 279 cm³/mol.